The fourth-order valence-electron chi connectivity index (χ4n) is 3.48. The fraction of sp³-hybridized carbons (Fsp3) is 0.174. The number of aliphatic hydroxyl groups excluding tert-OH is 1. The highest BCUT2D eigenvalue weighted by Gasteiger charge is 2.52. The van der Waals surface area contributed by atoms with Gasteiger partial charge in [0.25, 0.3) is 17.3 Å². The van der Waals surface area contributed by atoms with Gasteiger partial charge in [-0.15, -0.1) is 10.2 Å². The first-order valence-corrected chi connectivity index (χ1v) is 14.3. The number of hydrogen-bond donors (Lipinski definition) is 1. The Morgan fingerprint density at radius 3 is 2.55 bits per heavy atom. The number of likely N-dealkylation sites (tertiary alicyclic amines) is 1. The molecule has 40 heavy (non-hydrogen) atoms. The summed E-state index contributed by atoms with van der Waals surface area (Å²) in [5, 5.41) is 39.4. The van der Waals surface area contributed by atoms with Crippen molar-refractivity contribution in [2.45, 2.75) is 29.3 Å². The third kappa shape index (κ3) is 6.44. The summed E-state index contributed by atoms with van der Waals surface area (Å²) in [5.74, 6) is -2.12. The van der Waals surface area contributed by atoms with Crippen LogP contribution in [0.1, 0.15) is 18.1 Å². The van der Waals surface area contributed by atoms with E-state index in [0.717, 1.165) is 15.7 Å². The van der Waals surface area contributed by atoms with Gasteiger partial charge in [-0.2, -0.15) is 0 Å². The number of para-hydroxylation sites is 1. The largest absolute Gasteiger partial charge is 0.510 e. The first-order valence-electron chi connectivity index (χ1n) is 11.2. The zero-order chi connectivity index (χ0) is 28.8. The second-order valence-electron chi connectivity index (χ2n) is 7.96. The zero-order valence-corrected chi connectivity index (χ0v) is 22.8. The molecule has 1 N–H and O–H groups in total. The lowest BCUT2D eigenvalue weighted by molar-refractivity contribution is -0.385. The van der Waals surface area contributed by atoms with Crippen molar-refractivity contribution in [1.82, 2.24) is 15.1 Å². The molecule has 0 bridgehead atoms. The first-order chi connectivity index (χ1) is 19.2. The summed E-state index contributed by atoms with van der Waals surface area (Å²) in [6, 6.07) is 10.2. The number of aliphatic imine (C=N–C) groups is 1. The molecule has 1 fully saturated rings. The van der Waals surface area contributed by atoms with Crippen molar-refractivity contribution >= 4 is 62.4 Å². The van der Waals surface area contributed by atoms with Gasteiger partial charge in [0.05, 0.1) is 15.4 Å². The lowest BCUT2D eigenvalue weighted by atomic mass is 10.1. The van der Waals surface area contributed by atoms with Crippen molar-refractivity contribution in [2.24, 2.45) is 4.99 Å². The number of ether oxygens (including phenoxy) is 1. The Bertz CT molecular complexity index is 1490. The summed E-state index contributed by atoms with van der Waals surface area (Å²) < 4.78 is 5.86. The van der Waals surface area contributed by atoms with E-state index in [2.05, 4.69) is 15.2 Å². The lowest BCUT2D eigenvalue weighted by Crippen LogP contribution is -2.62. The molecular weight excluding hydrogens is 584 g/mol. The number of esters is 1. The maximum absolute atomic E-state index is 13.2. The Balaban J connectivity index is 1.55. The number of rotatable bonds is 11. The molecule has 14 nitrogen and oxygen atoms in total. The molecule has 1 amide bonds. The summed E-state index contributed by atoms with van der Waals surface area (Å²) in [5.41, 5.74) is 1.44. The Hall–Kier alpha value is -4.35. The smallest absolute Gasteiger partial charge is 0.358 e. The van der Waals surface area contributed by atoms with E-state index < -0.39 is 44.6 Å². The molecule has 1 aromatic heterocycles. The number of allylic oxidation sites excluding steroid dienone is 1. The SMILES string of the molecule is CC(O)=C(C(=O)OCc1ccc([N+](=O)[O-])cc1)N1C(=O)C(N=Cc2ccccc2[N+](=O)[O-])C1SSc1nncs1. The quantitative estimate of drug-likeness (QED) is 0.0479. The predicted octanol–water partition coefficient (Wildman–Crippen LogP) is 4.28. The fourth-order valence-corrected chi connectivity index (χ4v) is 6.82. The van der Waals surface area contributed by atoms with Crippen LogP contribution >= 0.6 is 32.9 Å². The van der Waals surface area contributed by atoms with Crippen LogP contribution in [0.5, 0.6) is 0 Å². The van der Waals surface area contributed by atoms with E-state index in [4.69, 9.17) is 4.74 Å². The van der Waals surface area contributed by atoms with Gasteiger partial charge in [0.1, 0.15) is 23.3 Å². The average Bonchev–Trinajstić information content (AvgIpc) is 3.46. The molecule has 17 heteroatoms. The minimum absolute atomic E-state index is 0.131. The van der Waals surface area contributed by atoms with Gasteiger partial charge in [-0.1, -0.05) is 34.3 Å². The van der Waals surface area contributed by atoms with Crippen LogP contribution in [0, 0.1) is 20.2 Å². The summed E-state index contributed by atoms with van der Waals surface area (Å²) >= 11 is 1.26. The summed E-state index contributed by atoms with van der Waals surface area (Å²) in [6.07, 6.45) is 1.23. The highest BCUT2D eigenvalue weighted by Crippen LogP contribution is 2.45. The lowest BCUT2D eigenvalue weighted by Gasteiger charge is -2.44. The number of hydrogen-bond acceptors (Lipinski definition) is 14. The van der Waals surface area contributed by atoms with Gasteiger partial charge in [-0.05, 0) is 41.5 Å². The van der Waals surface area contributed by atoms with Crippen molar-refractivity contribution in [3.8, 4) is 0 Å². The number of β-lactam (4-membered cyclic amide) rings is 1. The molecule has 4 rings (SSSR count). The third-order valence-corrected chi connectivity index (χ3v) is 9.05. The molecule has 2 aromatic carbocycles. The number of amides is 1. The monoisotopic (exact) mass is 602 g/mol. The molecule has 206 valence electrons. The van der Waals surface area contributed by atoms with E-state index in [1.807, 2.05) is 0 Å². The van der Waals surface area contributed by atoms with E-state index in [1.165, 1.54) is 83.2 Å². The maximum atomic E-state index is 13.2. The number of benzene rings is 2. The number of aromatic nitrogens is 2. The van der Waals surface area contributed by atoms with Crippen LogP contribution in [-0.4, -0.2) is 59.6 Å². The van der Waals surface area contributed by atoms with Crippen LogP contribution in [0.3, 0.4) is 0 Å². The van der Waals surface area contributed by atoms with Gasteiger partial charge in [0.15, 0.2) is 16.1 Å². The number of carbonyl (C=O) groups excluding carboxylic acids is 2. The van der Waals surface area contributed by atoms with Gasteiger partial charge >= 0.3 is 5.97 Å². The summed E-state index contributed by atoms with van der Waals surface area (Å²) in [7, 11) is 2.31. The van der Waals surface area contributed by atoms with Gasteiger partial charge < -0.3 is 9.84 Å². The van der Waals surface area contributed by atoms with Crippen LogP contribution in [0.15, 0.2) is 74.8 Å². The standard InChI is InChI=1S/C23H18N6O8S3/c1-13(30)19(22(32)37-11-14-6-8-16(9-7-14)28(33)34)27-20(31)18(21(27)39-40-23-26-25-12-38-23)24-10-15-4-2-3-5-17(15)29(35)36/h2-10,12,18,21,30H,11H2,1H3. The molecule has 0 spiro atoms. The van der Waals surface area contributed by atoms with E-state index >= 15 is 0 Å². The number of nitro benzene ring substituents is 2. The van der Waals surface area contributed by atoms with Crippen LogP contribution in [0.2, 0.25) is 0 Å². The first kappa shape index (κ1) is 28.7. The highest BCUT2D eigenvalue weighted by atomic mass is 33.1. The second kappa shape index (κ2) is 12.7. The molecular formula is C23H18N6O8S3. The molecule has 1 saturated heterocycles. The molecule has 0 aliphatic carbocycles. The Kier molecular flexibility index (Phi) is 9.08. The van der Waals surface area contributed by atoms with Gasteiger partial charge in [0, 0.05) is 24.4 Å². The van der Waals surface area contributed by atoms with Crippen molar-refractivity contribution in [3.63, 3.8) is 0 Å². The zero-order valence-electron chi connectivity index (χ0n) is 20.3. The van der Waals surface area contributed by atoms with Crippen LogP contribution in [-0.2, 0) is 20.9 Å². The predicted molar refractivity (Wildman–Crippen MR) is 147 cm³/mol. The van der Waals surface area contributed by atoms with E-state index in [-0.39, 0.29) is 23.5 Å². The minimum atomic E-state index is -1.04. The van der Waals surface area contributed by atoms with Gasteiger partial charge in [-0.3, -0.25) is 34.9 Å². The molecule has 0 radical (unpaired) electrons. The van der Waals surface area contributed by atoms with Crippen LogP contribution < -0.4 is 0 Å². The highest BCUT2D eigenvalue weighted by molar-refractivity contribution is 8.77. The molecule has 1 aliphatic heterocycles. The molecule has 2 unspecified atom stereocenters. The van der Waals surface area contributed by atoms with Crippen molar-refractivity contribution in [2.75, 3.05) is 0 Å². The summed E-state index contributed by atoms with van der Waals surface area (Å²) in [6.45, 7) is 0.950. The molecule has 2 atom stereocenters. The number of nitro groups is 2. The number of carbonyl (C=O) groups is 2. The number of aliphatic hydroxyl groups is 1. The van der Waals surface area contributed by atoms with Crippen molar-refractivity contribution < 1.29 is 29.3 Å². The van der Waals surface area contributed by atoms with E-state index in [1.54, 1.807) is 6.07 Å². The molecule has 1 aliphatic rings. The van der Waals surface area contributed by atoms with E-state index in [9.17, 15) is 34.9 Å². The van der Waals surface area contributed by atoms with E-state index in [0.29, 0.717) is 9.90 Å². The minimum Gasteiger partial charge on any atom is -0.510 e. The Labute approximate surface area is 237 Å². The second-order valence-corrected chi connectivity index (χ2v) is 11.4. The molecule has 3 aromatic rings. The van der Waals surface area contributed by atoms with Crippen molar-refractivity contribution in [3.05, 3.63) is 96.9 Å². The van der Waals surface area contributed by atoms with Crippen molar-refractivity contribution in [1.29, 1.82) is 0 Å². The van der Waals surface area contributed by atoms with Gasteiger partial charge in [-0.25, -0.2) is 4.79 Å². The number of nitrogens with zero attached hydrogens (tertiary/aromatic N) is 6. The Morgan fingerprint density at radius 2 is 1.93 bits per heavy atom. The van der Waals surface area contributed by atoms with Crippen LogP contribution in [0.4, 0.5) is 11.4 Å². The molecule has 2 heterocycles. The third-order valence-electron chi connectivity index (χ3n) is 5.37. The Morgan fingerprint density at radius 1 is 1.20 bits per heavy atom. The number of non-ortho nitro benzene ring substituents is 1. The topological polar surface area (TPSA) is 191 Å². The van der Waals surface area contributed by atoms with Crippen LogP contribution in [0.25, 0.3) is 0 Å². The maximum Gasteiger partial charge on any atom is 0.358 e. The molecule has 0 saturated carbocycles. The normalized spacial score (nSPS) is 17.3. The average molecular weight is 603 g/mol. The van der Waals surface area contributed by atoms with Gasteiger partial charge in [0.2, 0.25) is 0 Å². The summed E-state index contributed by atoms with van der Waals surface area (Å²) in [4.78, 5) is 52.6.